The number of hydrogen-bond donors (Lipinski definition) is 0. The largest absolute Gasteiger partial charge is 0.486 e. The molecule has 39 heavy (non-hydrogen) atoms. The number of benzene rings is 1. The lowest BCUT2D eigenvalue weighted by Crippen LogP contribution is -2.45. The van der Waals surface area contributed by atoms with Gasteiger partial charge < -0.3 is 14.5 Å². The molecular weight excluding hydrogens is 502 g/mol. The zero-order valence-corrected chi connectivity index (χ0v) is 22.1. The Hall–Kier alpha value is -3.50. The zero-order valence-electron chi connectivity index (χ0n) is 22.1. The summed E-state index contributed by atoms with van der Waals surface area (Å²) in [7, 11) is 0. The molecule has 0 unspecified atom stereocenters. The van der Waals surface area contributed by atoms with Crippen LogP contribution in [-0.2, 0) is 17.8 Å². The van der Waals surface area contributed by atoms with Gasteiger partial charge in [0, 0.05) is 56.1 Å². The van der Waals surface area contributed by atoms with Crippen LogP contribution in [0, 0.1) is 17.6 Å². The molecule has 3 aliphatic rings. The average Bonchev–Trinajstić information content (AvgIpc) is 3.81. The molecule has 0 N–H and O–H groups in total. The molecule has 1 amide bonds. The van der Waals surface area contributed by atoms with E-state index < -0.39 is 11.6 Å². The van der Waals surface area contributed by atoms with E-state index >= 15 is 4.39 Å². The Kier molecular flexibility index (Phi) is 7.22. The van der Waals surface area contributed by atoms with E-state index in [-0.39, 0.29) is 35.4 Å². The predicted octanol–water partition coefficient (Wildman–Crippen LogP) is 3.68. The summed E-state index contributed by atoms with van der Waals surface area (Å²) in [6.07, 6.45) is 4.95. The summed E-state index contributed by atoms with van der Waals surface area (Å²) in [5.74, 6) is -0.995. The Balaban J connectivity index is 1.19. The van der Waals surface area contributed by atoms with E-state index in [0.29, 0.717) is 24.5 Å². The lowest BCUT2D eigenvalue weighted by Gasteiger charge is -2.33. The van der Waals surface area contributed by atoms with E-state index in [1.54, 1.807) is 11.0 Å². The van der Waals surface area contributed by atoms with Gasteiger partial charge in [-0.15, -0.1) is 0 Å². The van der Waals surface area contributed by atoms with E-state index in [0.717, 1.165) is 69.6 Å². The molecule has 3 aromatic rings. The summed E-state index contributed by atoms with van der Waals surface area (Å²) in [5.41, 5.74) is 2.44. The highest BCUT2D eigenvalue weighted by Crippen LogP contribution is 2.41. The molecule has 1 aliphatic carbocycles. The van der Waals surface area contributed by atoms with Gasteiger partial charge in [-0.05, 0) is 43.1 Å². The number of aromatic nitrogens is 3. The summed E-state index contributed by atoms with van der Waals surface area (Å²) >= 11 is 0. The second kappa shape index (κ2) is 10.9. The van der Waals surface area contributed by atoms with Crippen LogP contribution in [0.3, 0.4) is 0 Å². The summed E-state index contributed by atoms with van der Waals surface area (Å²) in [4.78, 5) is 32.4. The van der Waals surface area contributed by atoms with Crippen LogP contribution >= 0.6 is 0 Å². The standard InChI is InChI=1S/C29H32F2N6O2/c1-2-35-7-9-36(10-8-35)18-19-3-6-22(32-16-19)15-26-33-17-24(31)27(34-26)21-13-23(30)28-25(14-21)37(11-12-39-28)29(38)20-4-5-20/h3,6,13-14,16-17,20H,2,4-5,7-12,15,18H2,1H3. The molecular formula is C29H32F2N6O2. The Morgan fingerprint density at radius 2 is 1.79 bits per heavy atom. The molecule has 0 atom stereocenters. The smallest absolute Gasteiger partial charge is 0.230 e. The molecule has 6 rings (SSSR count). The third-order valence-corrected chi connectivity index (χ3v) is 7.68. The Labute approximate surface area is 226 Å². The fourth-order valence-corrected chi connectivity index (χ4v) is 5.23. The highest BCUT2D eigenvalue weighted by Gasteiger charge is 2.37. The Morgan fingerprint density at radius 1 is 1.00 bits per heavy atom. The minimum absolute atomic E-state index is 0.0187. The highest BCUT2D eigenvalue weighted by atomic mass is 19.1. The maximum Gasteiger partial charge on any atom is 0.230 e. The molecule has 4 heterocycles. The molecule has 1 saturated carbocycles. The van der Waals surface area contributed by atoms with Crippen molar-refractivity contribution in [3.63, 3.8) is 0 Å². The second-order valence-corrected chi connectivity index (χ2v) is 10.4. The number of halogens is 2. The summed E-state index contributed by atoms with van der Waals surface area (Å²) < 4.78 is 35.5. The maximum absolute atomic E-state index is 15.0. The van der Waals surface area contributed by atoms with Crippen LogP contribution in [0.25, 0.3) is 11.3 Å². The first-order chi connectivity index (χ1) is 19.0. The minimum atomic E-state index is -0.665. The van der Waals surface area contributed by atoms with E-state index in [2.05, 4.69) is 37.7 Å². The SMILES string of the molecule is CCN1CCN(Cc2ccc(Cc3ncc(F)c(-c4cc(F)c5c(c4)N(C(=O)C4CC4)CCO5)n3)nc2)CC1. The van der Waals surface area contributed by atoms with E-state index in [9.17, 15) is 9.18 Å². The quantitative estimate of drug-likeness (QED) is 0.458. The first kappa shape index (κ1) is 25.8. The molecule has 2 aromatic heterocycles. The first-order valence-electron chi connectivity index (χ1n) is 13.7. The van der Waals surface area contributed by atoms with Crippen LogP contribution in [0.2, 0.25) is 0 Å². The number of carbonyl (C=O) groups is 1. The van der Waals surface area contributed by atoms with E-state index in [4.69, 9.17) is 4.74 Å². The number of likely N-dealkylation sites (N-methyl/N-ethyl adjacent to an activating group) is 1. The first-order valence-corrected chi connectivity index (χ1v) is 13.7. The number of carbonyl (C=O) groups excluding carboxylic acids is 1. The number of fused-ring (bicyclic) bond motifs is 1. The number of pyridine rings is 1. The zero-order chi connectivity index (χ0) is 26.9. The molecule has 8 nitrogen and oxygen atoms in total. The van der Waals surface area contributed by atoms with Gasteiger partial charge in [-0.2, -0.15) is 0 Å². The Bertz CT molecular complexity index is 1360. The van der Waals surface area contributed by atoms with Gasteiger partial charge in [0.25, 0.3) is 0 Å². The maximum atomic E-state index is 15.0. The van der Waals surface area contributed by atoms with Crippen LogP contribution < -0.4 is 9.64 Å². The number of rotatable bonds is 7. The van der Waals surface area contributed by atoms with Crippen molar-refractivity contribution in [1.82, 2.24) is 24.8 Å². The van der Waals surface area contributed by atoms with Gasteiger partial charge in [-0.1, -0.05) is 13.0 Å². The lowest BCUT2D eigenvalue weighted by atomic mass is 10.1. The second-order valence-electron chi connectivity index (χ2n) is 10.4. The number of anilines is 1. The Morgan fingerprint density at radius 3 is 2.51 bits per heavy atom. The van der Waals surface area contributed by atoms with E-state index in [1.165, 1.54) is 6.07 Å². The number of amides is 1. The van der Waals surface area contributed by atoms with Crippen molar-refractivity contribution in [2.45, 2.75) is 32.7 Å². The van der Waals surface area contributed by atoms with Gasteiger partial charge in [0.15, 0.2) is 17.4 Å². The van der Waals surface area contributed by atoms with Gasteiger partial charge in [0.2, 0.25) is 5.91 Å². The molecule has 1 saturated heterocycles. The number of nitrogens with zero attached hydrogens (tertiary/aromatic N) is 6. The van der Waals surface area contributed by atoms with Crippen molar-refractivity contribution < 1.29 is 18.3 Å². The molecule has 0 bridgehead atoms. The predicted molar refractivity (Wildman–Crippen MR) is 142 cm³/mol. The van der Waals surface area contributed by atoms with Crippen molar-refractivity contribution in [1.29, 1.82) is 0 Å². The highest BCUT2D eigenvalue weighted by molar-refractivity contribution is 5.98. The third kappa shape index (κ3) is 5.62. The molecule has 204 valence electrons. The average molecular weight is 535 g/mol. The van der Waals surface area contributed by atoms with Crippen LogP contribution in [-0.4, -0.2) is 76.5 Å². The van der Waals surface area contributed by atoms with Crippen molar-refractivity contribution >= 4 is 11.6 Å². The molecule has 2 aliphatic heterocycles. The molecule has 10 heteroatoms. The van der Waals surface area contributed by atoms with Crippen molar-refractivity contribution in [2.24, 2.45) is 5.92 Å². The fourth-order valence-electron chi connectivity index (χ4n) is 5.23. The lowest BCUT2D eigenvalue weighted by molar-refractivity contribution is -0.120. The van der Waals surface area contributed by atoms with E-state index in [1.807, 2.05) is 12.3 Å². The van der Waals surface area contributed by atoms with Gasteiger partial charge in [0.1, 0.15) is 18.1 Å². The van der Waals surface area contributed by atoms with Gasteiger partial charge in [-0.3, -0.25) is 14.7 Å². The van der Waals surface area contributed by atoms with Crippen LogP contribution in [0.15, 0.2) is 36.7 Å². The van der Waals surface area contributed by atoms with Crippen LogP contribution in [0.5, 0.6) is 5.75 Å². The van der Waals surface area contributed by atoms with Crippen molar-refractivity contribution in [3.8, 4) is 17.0 Å². The monoisotopic (exact) mass is 534 g/mol. The van der Waals surface area contributed by atoms with Gasteiger partial charge in [0.05, 0.1) is 24.8 Å². The summed E-state index contributed by atoms with van der Waals surface area (Å²) in [6, 6.07) is 6.79. The normalized spacial score (nSPS) is 18.1. The minimum Gasteiger partial charge on any atom is -0.486 e. The van der Waals surface area contributed by atoms with Crippen LogP contribution in [0.4, 0.5) is 14.5 Å². The van der Waals surface area contributed by atoms with Gasteiger partial charge >= 0.3 is 0 Å². The topological polar surface area (TPSA) is 74.7 Å². The van der Waals surface area contributed by atoms with Crippen molar-refractivity contribution in [3.05, 3.63) is 65.4 Å². The molecule has 0 spiro atoms. The fraction of sp³-hybridized carbons (Fsp3) is 0.448. The van der Waals surface area contributed by atoms with Crippen molar-refractivity contribution in [2.75, 3.05) is 50.8 Å². The van der Waals surface area contributed by atoms with Gasteiger partial charge in [-0.25, -0.2) is 18.7 Å². The number of piperazine rings is 1. The molecule has 0 radical (unpaired) electrons. The third-order valence-electron chi connectivity index (χ3n) is 7.68. The molecule has 2 fully saturated rings. The number of ether oxygens (including phenoxy) is 1. The number of hydrogen-bond acceptors (Lipinski definition) is 7. The summed E-state index contributed by atoms with van der Waals surface area (Å²) in [6.45, 7) is 8.95. The summed E-state index contributed by atoms with van der Waals surface area (Å²) in [5, 5.41) is 0. The van der Waals surface area contributed by atoms with Crippen LogP contribution in [0.1, 0.15) is 36.8 Å². The molecule has 1 aromatic carbocycles.